The van der Waals surface area contributed by atoms with Crippen LogP contribution in [-0.2, 0) is 0 Å². The molecule has 0 fully saturated rings. The predicted molar refractivity (Wildman–Crippen MR) is 90.3 cm³/mol. The summed E-state index contributed by atoms with van der Waals surface area (Å²) in [6.45, 7) is 0. The van der Waals surface area contributed by atoms with Gasteiger partial charge in [0.1, 0.15) is 11.5 Å². The Morgan fingerprint density at radius 3 is 2.30 bits per heavy atom. The number of nitrogens with one attached hydrogen (secondary N) is 1. The van der Waals surface area contributed by atoms with Crippen molar-refractivity contribution in [1.29, 1.82) is 5.41 Å². The highest BCUT2D eigenvalue weighted by Crippen LogP contribution is 2.25. The van der Waals surface area contributed by atoms with E-state index in [1.807, 2.05) is 0 Å². The van der Waals surface area contributed by atoms with Crippen molar-refractivity contribution in [2.24, 2.45) is 0 Å². The van der Waals surface area contributed by atoms with E-state index >= 15 is 0 Å². The van der Waals surface area contributed by atoms with Gasteiger partial charge in [0.2, 0.25) is 0 Å². The van der Waals surface area contributed by atoms with Crippen molar-refractivity contribution in [2.75, 3.05) is 5.73 Å². The number of anilines is 1. The molecule has 3 N–H and O–H groups in total. The molecule has 114 valence electrons. The first kappa shape index (κ1) is 15.0. The van der Waals surface area contributed by atoms with E-state index < -0.39 is 0 Å². The zero-order chi connectivity index (χ0) is 16.2. The number of nitrogens with zero attached hydrogens (tertiary/aromatic N) is 2. The average molecular weight is 325 g/mol. The number of pyridine rings is 2. The standard InChI is InChI=1S/C17H13ClN4O/c18-15-10-22-9-14(17(15)20)16(19)11-1-3-12(4-2-11)23-13-5-7-21-8-6-13/h1-10,19H,(H2,20,22). The van der Waals surface area contributed by atoms with Crippen LogP contribution < -0.4 is 10.5 Å². The van der Waals surface area contributed by atoms with Gasteiger partial charge in [-0.15, -0.1) is 0 Å². The molecular formula is C17H13ClN4O. The molecule has 5 nitrogen and oxygen atoms in total. The number of aromatic nitrogens is 2. The van der Waals surface area contributed by atoms with E-state index in [4.69, 9.17) is 27.5 Å². The van der Waals surface area contributed by atoms with Crippen molar-refractivity contribution in [1.82, 2.24) is 9.97 Å². The summed E-state index contributed by atoms with van der Waals surface area (Å²) in [6.07, 6.45) is 6.31. The lowest BCUT2D eigenvalue weighted by Gasteiger charge is -2.10. The quantitative estimate of drug-likeness (QED) is 0.712. The third kappa shape index (κ3) is 3.30. The minimum atomic E-state index is 0.257. The number of nitrogens with two attached hydrogens (primary N) is 1. The molecular weight excluding hydrogens is 312 g/mol. The predicted octanol–water partition coefficient (Wildman–Crippen LogP) is 3.92. The molecule has 1 aromatic carbocycles. The van der Waals surface area contributed by atoms with Crippen LogP contribution in [0.3, 0.4) is 0 Å². The molecule has 0 aliphatic carbocycles. The molecule has 3 rings (SSSR count). The molecule has 2 aromatic heterocycles. The van der Waals surface area contributed by atoms with Crippen molar-refractivity contribution < 1.29 is 4.74 Å². The lowest BCUT2D eigenvalue weighted by Crippen LogP contribution is -2.06. The largest absolute Gasteiger partial charge is 0.457 e. The monoisotopic (exact) mass is 324 g/mol. The van der Waals surface area contributed by atoms with Crippen LogP contribution >= 0.6 is 11.6 Å². The van der Waals surface area contributed by atoms with Gasteiger partial charge in [0, 0.05) is 35.9 Å². The second-order valence-corrected chi connectivity index (χ2v) is 5.17. The smallest absolute Gasteiger partial charge is 0.130 e. The molecule has 6 heteroatoms. The fourth-order valence-electron chi connectivity index (χ4n) is 2.03. The number of hydrogen-bond donors (Lipinski definition) is 2. The van der Waals surface area contributed by atoms with Crippen molar-refractivity contribution in [2.45, 2.75) is 0 Å². The highest BCUT2D eigenvalue weighted by Gasteiger charge is 2.11. The highest BCUT2D eigenvalue weighted by molar-refractivity contribution is 6.34. The Hall–Kier alpha value is -2.92. The summed E-state index contributed by atoms with van der Waals surface area (Å²) in [7, 11) is 0. The molecule has 0 amide bonds. The Kier molecular flexibility index (Phi) is 4.21. The zero-order valence-electron chi connectivity index (χ0n) is 12.0. The van der Waals surface area contributed by atoms with E-state index in [0.717, 1.165) is 0 Å². The van der Waals surface area contributed by atoms with Crippen molar-refractivity contribution >= 4 is 23.0 Å². The van der Waals surface area contributed by atoms with Crippen LogP contribution in [0.25, 0.3) is 0 Å². The third-order valence-electron chi connectivity index (χ3n) is 3.24. The van der Waals surface area contributed by atoms with Crippen LogP contribution in [0.1, 0.15) is 11.1 Å². The zero-order valence-corrected chi connectivity index (χ0v) is 12.8. The minimum Gasteiger partial charge on any atom is -0.457 e. The van der Waals surface area contributed by atoms with E-state index in [1.54, 1.807) is 48.8 Å². The maximum atomic E-state index is 8.27. The first-order chi connectivity index (χ1) is 11.1. The Morgan fingerprint density at radius 1 is 0.957 bits per heavy atom. The van der Waals surface area contributed by atoms with E-state index in [1.165, 1.54) is 12.4 Å². The van der Waals surface area contributed by atoms with Gasteiger partial charge in [-0.3, -0.25) is 15.4 Å². The number of benzene rings is 1. The van der Waals surface area contributed by atoms with Gasteiger partial charge < -0.3 is 10.5 Å². The average Bonchev–Trinajstić information content (AvgIpc) is 2.58. The SMILES string of the molecule is N=C(c1ccc(Oc2ccncc2)cc1)c1cncc(Cl)c1N. The van der Waals surface area contributed by atoms with Gasteiger partial charge in [0.05, 0.1) is 16.4 Å². The molecule has 0 saturated heterocycles. The molecule has 0 aliphatic heterocycles. The van der Waals surface area contributed by atoms with E-state index in [0.29, 0.717) is 33.3 Å². The minimum absolute atomic E-state index is 0.257. The summed E-state index contributed by atoms with van der Waals surface area (Å²) in [4.78, 5) is 7.92. The van der Waals surface area contributed by atoms with Crippen LogP contribution in [0.15, 0.2) is 61.2 Å². The van der Waals surface area contributed by atoms with Crippen molar-refractivity contribution in [3.8, 4) is 11.5 Å². The normalized spacial score (nSPS) is 10.3. The Morgan fingerprint density at radius 2 is 1.61 bits per heavy atom. The molecule has 0 atom stereocenters. The van der Waals surface area contributed by atoms with Gasteiger partial charge in [0.15, 0.2) is 0 Å². The summed E-state index contributed by atoms with van der Waals surface area (Å²) in [5.41, 5.74) is 7.71. The molecule has 23 heavy (non-hydrogen) atoms. The summed E-state index contributed by atoms with van der Waals surface area (Å²) in [5, 5.41) is 8.61. The maximum absolute atomic E-state index is 8.27. The van der Waals surface area contributed by atoms with E-state index in [-0.39, 0.29) is 5.71 Å². The van der Waals surface area contributed by atoms with Gasteiger partial charge in [-0.2, -0.15) is 0 Å². The number of ether oxygens (including phenoxy) is 1. The molecule has 0 aliphatic rings. The van der Waals surface area contributed by atoms with Crippen LogP contribution in [0, 0.1) is 5.41 Å². The summed E-state index contributed by atoms with van der Waals surface area (Å²) < 4.78 is 5.69. The van der Waals surface area contributed by atoms with Crippen LogP contribution in [0.4, 0.5) is 5.69 Å². The van der Waals surface area contributed by atoms with Crippen LogP contribution in [-0.4, -0.2) is 15.7 Å². The Bertz CT molecular complexity index is 835. The molecule has 2 heterocycles. The number of rotatable bonds is 4. The second-order valence-electron chi connectivity index (χ2n) is 4.77. The van der Waals surface area contributed by atoms with Crippen molar-refractivity contribution in [3.63, 3.8) is 0 Å². The third-order valence-corrected chi connectivity index (χ3v) is 3.54. The van der Waals surface area contributed by atoms with Gasteiger partial charge in [0.25, 0.3) is 0 Å². The molecule has 0 bridgehead atoms. The molecule has 0 radical (unpaired) electrons. The first-order valence-corrected chi connectivity index (χ1v) is 7.19. The fourth-order valence-corrected chi connectivity index (χ4v) is 2.19. The van der Waals surface area contributed by atoms with Gasteiger partial charge in [-0.25, -0.2) is 0 Å². The number of nitrogen functional groups attached to an aromatic ring is 1. The highest BCUT2D eigenvalue weighted by atomic mass is 35.5. The van der Waals surface area contributed by atoms with Gasteiger partial charge in [-0.1, -0.05) is 11.6 Å². The Labute approximate surface area is 138 Å². The van der Waals surface area contributed by atoms with Crippen LogP contribution in [0.5, 0.6) is 11.5 Å². The summed E-state index contributed by atoms with van der Waals surface area (Å²) >= 11 is 5.95. The first-order valence-electron chi connectivity index (χ1n) is 6.81. The molecule has 0 unspecified atom stereocenters. The topological polar surface area (TPSA) is 84.9 Å². The lowest BCUT2D eigenvalue weighted by molar-refractivity contribution is 0.482. The van der Waals surface area contributed by atoms with Crippen LogP contribution in [0.2, 0.25) is 5.02 Å². The Balaban J connectivity index is 1.82. The molecule has 0 spiro atoms. The summed E-state index contributed by atoms with van der Waals surface area (Å²) in [5.74, 6) is 1.37. The summed E-state index contributed by atoms with van der Waals surface area (Å²) in [6, 6.07) is 10.7. The second kappa shape index (κ2) is 6.46. The maximum Gasteiger partial charge on any atom is 0.130 e. The molecule has 0 saturated carbocycles. The van der Waals surface area contributed by atoms with Gasteiger partial charge in [-0.05, 0) is 36.4 Å². The lowest BCUT2D eigenvalue weighted by atomic mass is 10.0. The van der Waals surface area contributed by atoms with Crippen molar-refractivity contribution in [3.05, 3.63) is 77.3 Å². The number of hydrogen-bond acceptors (Lipinski definition) is 5. The number of halogens is 1. The fraction of sp³-hybridized carbons (Fsp3) is 0. The van der Waals surface area contributed by atoms with E-state index in [9.17, 15) is 0 Å². The van der Waals surface area contributed by atoms with Gasteiger partial charge >= 0.3 is 0 Å². The van der Waals surface area contributed by atoms with E-state index in [2.05, 4.69) is 9.97 Å². The molecule has 3 aromatic rings.